The number of nitrogens with zero attached hydrogens (tertiary/aromatic N) is 4. The van der Waals surface area contributed by atoms with Crippen molar-refractivity contribution in [3.63, 3.8) is 0 Å². The van der Waals surface area contributed by atoms with Crippen molar-refractivity contribution in [3.05, 3.63) is 70.8 Å². The Hall–Kier alpha value is -3.72. The fourth-order valence-corrected chi connectivity index (χ4v) is 6.71. The third kappa shape index (κ3) is 2.22. The topological polar surface area (TPSA) is 107 Å². The normalized spacial score (nSPS) is 32.6. The first kappa shape index (κ1) is 22.1. The number of carbonyl (C=O) groups excluding carboxylic acids is 2. The summed E-state index contributed by atoms with van der Waals surface area (Å²) in [6, 6.07) is 19.4. The molecule has 8 nitrogen and oxygen atoms in total. The maximum absolute atomic E-state index is 13.3. The van der Waals surface area contributed by atoms with Crippen molar-refractivity contribution in [3.8, 4) is 12.1 Å². The van der Waals surface area contributed by atoms with Gasteiger partial charge in [-0.15, -0.1) is 0 Å². The molecular weight excluding hydrogens is 432 g/mol. The lowest BCUT2D eigenvalue weighted by molar-refractivity contribution is -0.218. The third-order valence-corrected chi connectivity index (χ3v) is 7.66. The first-order valence-corrected chi connectivity index (χ1v) is 11.0. The summed E-state index contributed by atoms with van der Waals surface area (Å²) in [7, 11) is 2.99. The second-order valence-electron chi connectivity index (χ2n) is 8.90. The van der Waals surface area contributed by atoms with E-state index in [1.165, 1.54) is 37.9 Å². The Kier molecular flexibility index (Phi) is 4.80. The molecule has 2 heterocycles. The number of hydrogen-bond acceptors (Lipinski definition) is 6. The Morgan fingerprint density at radius 2 is 1.12 bits per heavy atom. The molecule has 0 saturated carbocycles. The predicted molar refractivity (Wildman–Crippen MR) is 120 cm³/mol. The summed E-state index contributed by atoms with van der Waals surface area (Å²) in [5, 5.41) is 22.1. The quantitative estimate of drug-likeness (QED) is 0.688. The largest absolute Gasteiger partial charge is 0.361 e. The van der Waals surface area contributed by atoms with E-state index in [1.807, 2.05) is 24.3 Å². The Bertz CT molecular complexity index is 1200. The highest BCUT2D eigenvalue weighted by atomic mass is 16.5. The second kappa shape index (κ2) is 7.39. The van der Waals surface area contributed by atoms with Gasteiger partial charge in [-0.2, -0.15) is 10.5 Å². The van der Waals surface area contributed by atoms with Crippen molar-refractivity contribution < 1.29 is 19.1 Å². The molecule has 2 aliphatic heterocycles. The van der Waals surface area contributed by atoms with Gasteiger partial charge in [-0.3, -0.25) is 19.4 Å². The van der Waals surface area contributed by atoms with Crippen molar-refractivity contribution in [2.75, 3.05) is 14.2 Å². The van der Waals surface area contributed by atoms with E-state index >= 15 is 0 Å². The lowest BCUT2D eigenvalue weighted by atomic mass is 9.54. The van der Waals surface area contributed by atoms with E-state index in [0.29, 0.717) is 11.1 Å². The van der Waals surface area contributed by atoms with Gasteiger partial charge in [0.05, 0.1) is 0 Å². The Balaban J connectivity index is 2.11. The number of benzene rings is 2. The van der Waals surface area contributed by atoms with Crippen LogP contribution in [0.15, 0.2) is 48.5 Å². The van der Waals surface area contributed by atoms with Crippen molar-refractivity contribution in [2.24, 2.45) is 0 Å². The van der Waals surface area contributed by atoms with E-state index in [0.717, 1.165) is 11.1 Å². The lowest BCUT2D eigenvalue weighted by Crippen LogP contribution is -2.78. The molecule has 0 aromatic heterocycles. The minimum Gasteiger partial charge on any atom is -0.361 e. The monoisotopic (exact) mass is 456 g/mol. The smallest absolute Gasteiger partial charge is 0.223 e. The van der Waals surface area contributed by atoms with E-state index in [9.17, 15) is 20.1 Å². The van der Waals surface area contributed by atoms with Gasteiger partial charge in [0.2, 0.25) is 11.8 Å². The minimum absolute atomic E-state index is 0.426. The van der Waals surface area contributed by atoms with Crippen LogP contribution in [0.4, 0.5) is 0 Å². The zero-order valence-corrected chi connectivity index (χ0v) is 19.4. The van der Waals surface area contributed by atoms with Crippen LogP contribution in [0.3, 0.4) is 0 Å². The van der Waals surface area contributed by atoms with Crippen molar-refractivity contribution >= 4 is 11.8 Å². The van der Waals surface area contributed by atoms with Gasteiger partial charge < -0.3 is 9.47 Å². The molecule has 0 spiro atoms. The second-order valence-corrected chi connectivity index (χ2v) is 8.90. The zero-order valence-electron chi connectivity index (χ0n) is 19.4. The molecule has 3 aliphatic rings. The zero-order chi connectivity index (χ0) is 24.4. The molecule has 2 aromatic rings. The summed E-state index contributed by atoms with van der Waals surface area (Å²) in [4.78, 5) is 29.4. The highest BCUT2D eigenvalue weighted by Crippen LogP contribution is 2.65. The van der Waals surface area contributed by atoms with Gasteiger partial charge in [-0.1, -0.05) is 48.5 Å². The van der Waals surface area contributed by atoms with Crippen LogP contribution < -0.4 is 0 Å². The van der Waals surface area contributed by atoms with Gasteiger partial charge in [0.1, 0.15) is 24.6 Å². The third-order valence-electron chi connectivity index (χ3n) is 7.66. The summed E-state index contributed by atoms with van der Waals surface area (Å²) in [5.41, 5.74) is -1.15. The summed E-state index contributed by atoms with van der Waals surface area (Å²) < 4.78 is 11.9. The summed E-state index contributed by atoms with van der Waals surface area (Å²) >= 11 is 0. The van der Waals surface area contributed by atoms with Gasteiger partial charge in [0.25, 0.3) is 0 Å². The van der Waals surface area contributed by atoms with Gasteiger partial charge >= 0.3 is 0 Å². The number of fused-ring (bicyclic) bond motifs is 2. The van der Waals surface area contributed by atoms with E-state index in [-0.39, 0.29) is 0 Å². The lowest BCUT2D eigenvalue weighted by Gasteiger charge is -2.66. The number of methoxy groups -OCH3 is 2. The molecule has 34 heavy (non-hydrogen) atoms. The molecular formula is C26H24N4O4. The number of hydrogen-bond donors (Lipinski definition) is 0. The van der Waals surface area contributed by atoms with E-state index in [4.69, 9.17) is 9.47 Å². The van der Waals surface area contributed by atoms with Crippen LogP contribution in [-0.2, 0) is 30.1 Å². The Labute approximate surface area is 197 Å². The molecule has 4 bridgehead atoms. The molecule has 2 aromatic carbocycles. The molecule has 172 valence electrons. The maximum Gasteiger partial charge on any atom is 0.223 e. The minimum atomic E-state index is -1.90. The molecule has 0 unspecified atom stereocenters. The Morgan fingerprint density at radius 3 is 1.41 bits per heavy atom. The van der Waals surface area contributed by atoms with Crippen LogP contribution in [0, 0.1) is 22.7 Å². The van der Waals surface area contributed by atoms with E-state index in [2.05, 4.69) is 12.1 Å². The summed E-state index contributed by atoms with van der Waals surface area (Å²) in [6.07, 6.45) is -1.71. The van der Waals surface area contributed by atoms with Crippen LogP contribution in [0.1, 0.15) is 47.9 Å². The number of ether oxygens (including phenoxy) is 2. The van der Waals surface area contributed by atoms with E-state index < -0.39 is 47.2 Å². The molecule has 6 atom stereocenters. The van der Waals surface area contributed by atoms with E-state index in [1.54, 1.807) is 24.3 Å². The van der Waals surface area contributed by atoms with Crippen molar-refractivity contribution in [1.82, 2.24) is 9.80 Å². The van der Waals surface area contributed by atoms with Gasteiger partial charge in [0, 0.05) is 39.9 Å². The molecule has 0 radical (unpaired) electrons. The number of amides is 2. The fraction of sp³-hybridized carbons (Fsp3) is 0.385. The molecule has 8 heteroatoms. The van der Waals surface area contributed by atoms with Crippen LogP contribution in [0.5, 0.6) is 0 Å². The summed E-state index contributed by atoms with van der Waals surface area (Å²) in [5.74, 6) is -1.77. The molecule has 2 amide bonds. The summed E-state index contributed by atoms with van der Waals surface area (Å²) in [6.45, 7) is 2.72. The molecule has 0 saturated heterocycles. The average Bonchev–Trinajstić information content (AvgIpc) is 2.84. The van der Waals surface area contributed by atoms with Crippen molar-refractivity contribution in [2.45, 2.75) is 49.2 Å². The molecule has 0 fully saturated rings. The van der Waals surface area contributed by atoms with Gasteiger partial charge in [-0.05, 0) is 22.3 Å². The predicted octanol–water partition coefficient (Wildman–Crippen LogP) is 2.67. The molecule has 1 aliphatic carbocycles. The first-order valence-electron chi connectivity index (χ1n) is 11.0. The molecule has 0 N–H and O–H groups in total. The number of rotatable bonds is 2. The van der Waals surface area contributed by atoms with Gasteiger partial charge in [0.15, 0.2) is 11.1 Å². The van der Waals surface area contributed by atoms with Crippen LogP contribution in [0.2, 0.25) is 0 Å². The highest BCUT2D eigenvalue weighted by molar-refractivity contribution is 5.82. The average molecular weight is 457 g/mol. The number of carbonyl (C=O) groups is 2. The van der Waals surface area contributed by atoms with Crippen LogP contribution >= 0.6 is 0 Å². The van der Waals surface area contributed by atoms with Gasteiger partial charge in [-0.25, -0.2) is 0 Å². The first-order chi connectivity index (χ1) is 16.4. The molecule has 5 rings (SSSR count). The SMILES string of the molecule is CO[C@@H]1[C@@H]2c3ccccc3[C@](C#N)(N1C(C)=O)[C@@]1(C#N)c3ccccc3[C@@H]2[C@H](OC)N1C(C)=O. The van der Waals surface area contributed by atoms with Crippen molar-refractivity contribution in [1.29, 1.82) is 10.5 Å². The Morgan fingerprint density at radius 1 is 0.765 bits per heavy atom. The number of nitriles is 2. The highest BCUT2D eigenvalue weighted by Gasteiger charge is 2.75. The van der Waals surface area contributed by atoms with Crippen LogP contribution in [0.25, 0.3) is 0 Å². The van der Waals surface area contributed by atoms with Crippen LogP contribution in [-0.4, -0.2) is 48.3 Å². The maximum atomic E-state index is 13.3. The fourth-order valence-electron chi connectivity index (χ4n) is 6.71. The standard InChI is InChI=1S/C26H24N4O4/c1-15(31)29-23(33-3)21-17-9-5-7-11-19(17)25(29,13-27)26(14-28)20-12-8-6-10-18(20)22(21)24(34-4)30(26)16(2)32/h5-12,21-24H,1-4H3/t21-,22+,23-,24+,25+,26-.